The van der Waals surface area contributed by atoms with Crippen LogP contribution in [0, 0.1) is 0 Å². The summed E-state index contributed by atoms with van der Waals surface area (Å²) in [6.45, 7) is 4.17. The molecule has 0 bridgehead atoms. The third-order valence-electron chi connectivity index (χ3n) is 1.55. The molecule has 1 heterocycles. The van der Waals surface area contributed by atoms with Crippen molar-refractivity contribution in [3.8, 4) is 5.75 Å². The molecule has 0 aliphatic carbocycles. The molecule has 0 fully saturated rings. The van der Waals surface area contributed by atoms with E-state index in [-0.39, 0.29) is 6.61 Å². The second kappa shape index (κ2) is 5.32. The monoisotopic (exact) mass is 179 g/mol. The zero-order valence-corrected chi connectivity index (χ0v) is 7.44. The summed E-state index contributed by atoms with van der Waals surface area (Å²) in [7, 11) is 0. The smallest absolute Gasteiger partial charge is 0.137 e. The molecule has 3 heteroatoms. The van der Waals surface area contributed by atoms with Crippen LogP contribution in [0.15, 0.2) is 31.0 Å². The van der Waals surface area contributed by atoms with Crippen molar-refractivity contribution in [1.29, 1.82) is 0 Å². The van der Waals surface area contributed by atoms with Gasteiger partial charge in [0.05, 0.1) is 25.1 Å². The van der Waals surface area contributed by atoms with Gasteiger partial charge >= 0.3 is 0 Å². The van der Waals surface area contributed by atoms with E-state index >= 15 is 0 Å². The predicted molar refractivity (Wildman–Crippen MR) is 50.5 cm³/mol. The van der Waals surface area contributed by atoms with Crippen molar-refractivity contribution in [2.45, 2.75) is 13.0 Å². The molecule has 0 unspecified atom stereocenters. The summed E-state index contributed by atoms with van der Waals surface area (Å²) in [6, 6.07) is 3.53. The molecule has 0 saturated heterocycles. The number of hydrogen-bond donors (Lipinski definition) is 1. The number of hydrogen-bond acceptors (Lipinski definition) is 3. The number of aliphatic hydroxyl groups is 1. The number of aliphatic hydroxyl groups excluding tert-OH is 1. The summed E-state index contributed by atoms with van der Waals surface area (Å²) in [5.41, 5.74) is 0.649. The second-order valence-electron chi connectivity index (χ2n) is 2.57. The summed E-state index contributed by atoms with van der Waals surface area (Å²) in [4.78, 5) is 3.98. The van der Waals surface area contributed by atoms with Crippen LogP contribution in [0.25, 0.3) is 0 Å². The number of aromatic nitrogens is 1. The summed E-state index contributed by atoms with van der Waals surface area (Å²) < 4.78 is 5.33. The molecule has 0 spiro atoms. The van der Waals surface area contributed by atoms with Gasteiger partial charge in [0, 0.05) is 0 Å². The van der Waals surface area contributed by atoms with Crippen LogP contribution in [0.4, 0.5) is 0 Å². The van der Waals surface area contributed by atoms with Gasteiger partial charge in [-0.2, -0.15) is 0 Å². The quantitative estimate of drug-likeness (QED) is 0.550. The number of nitrogens with zero attached hydrogens (tertiary/aromatic N) is 1. The van der Waals surface area contributed by atoms with Crippen LogP contribution in [-0.2, 0) is 6.61 Å². The van der Waals surface area contributed by atoms with Gasteiger partial charge in [-0.15, -0.1) is 6.58 Å². The molecule has 0 amide bonds. The summed E-state index contributed by atoms with van der Waals surface area (Å²) in [5, 5.41) is 8.73. The van der Waals surface area contributed by atoms with Crippen molar-refractivity contribution in [2.24, 2.45) is 0 Å². The largest absolute Gasteiger partial charge is 0.492 e. The molecule has 1 rings (SSSR count). The standard InChI is InChI=1S/C10H13NO2/c1-2-3-6-13-10-5-4-9(8-12)11-7-10/h2,4-5,7,12H,1,3,6,8H2. The molecular weight excluding hydrogens is 166 g/mol. The van der Waals surface area contributed by atoms with Crippen molar-refractivity contribution >= 4 is 0 Å². The van der Waals surface area contributed by atoms with Crippen LogP contribution in [-0.4, -0.2) is 16.7 Å². The topological polar surface area (TPSA) is 42.4 Å². The first-order valence-electron chi connectivity index (χ1n) is 4.16. The average molecular weight is 179 g/mol. The van der Waals surface area contributed by atoms with E-state index in [2.05, 4.69) is 11.6 Å². The lowest BCUT2D eigenvalue weighted by Gasteiger charge is -2.03. The molecule has 0 atom stereocenters. The number of pyridine rings is 1. The lowest BCUT2D eigenvalue weighted by Crippen LogP contribution is -1.96. The van der Waals surface area contributed by atoms with Crippen molar-refractivity contribution in [1.82, 2.24) is 4.98 Å². The van der Waals surface area contributed by atoms with E-state index in [0.29, 0.717) is 12.3 Å². The van der Waals surface area contributed by atoms with Gasteiger partial charge in [-0.1, -0.05) is 6.08 Å². The highest BCUT2D eigenvalue weighted by Gasteiger charge is 1.94. The Kier molecular flexibility index (Phi) is 3.99. The predicted octanol–water partition coefficient (Wildman–Crippen LogP) is 1.53. The minimum Gasteiger partial charge on any atom is -0.492 e. The van der Waals surface area contributed by atoms with E-state index in [1.807, 2.05) is 0 Å². The van der Waals surface area contributed by atoms with Crippen LogP contribution in [0.3, 0.4) is 0 Å². The van der Waals surface area contributed by atoms with E-state index in [1.54, 1.807) is 24.4 Å². The highest BCUT2D eigenvalue weighted by Crippen LogP contribution is 2.09. The molecule has 1 N–H and O–H groups in total. The Balaban J connectivity index is 2.44. The third kappa shape index (κ3) is 3.25. The van der Waals surface area contributed by atoms with Crippen LogP contribution >= 0.6 is 0 Å². The van der Waals surface area contributed by atoms with Gasteiger partial charge in [0.25, 0.3) is 0 Å². The van der Waals surface area contributed by atoms with Gasteiger partial charge < -0.3 is 9.84 Å². The Bertz CT molecular complexity index is 256. The Morgan fingerprint density at radius 2 is 2.38 bits per heavy atom. The maximum atomic E-state index is 8.73. The van der Waals surface area contributed by atoms with Gasteiger partial charge in [-0.3, -0.25) is 4.98 Å². The number of rotatable bonds is 5. The van der Waals surface area contributed by atoms with Gasteiger partial charge in [0.15, 0.2) is 0 Å². The molecule has 1 aromatic rings. The SMILES string of the molecule is C=CCCOc1ccc(CO)nc1. The van der Waals surface area contributed by atoms with E-state index < -0.39 is 0 Å². The van der Waals surface area contributed by atoms with Crippen LogP contribution in [0.1, 0.15) is 12.1 Å². The molecule has 0 radical (unpaired) electrons. The first kappa shape index (κ1) is 9.74. The van der Waals surface area contributed by atoms with Gasteiger partial charge in [-0.25, -0.2) is 0 Å². The molecule has 13 heavy (non-hydrogen) atoms. The van der Waals surface area contributed by atoms with E-state index in [4.69, 9.17) is 9.84 Å². The molecule has 3 nitrogen and oxygen atoms in total. The maximum absolute atomic E-state index is 8.73. The van der Waals surface area contributed by atoms with Crippen LogP contribution in [0.2, 0.25) is 0 Å². The first-order valence-corrected chi connectivity index (χ1v) is 4.16. The molecular formula is C10H13NO2. The minimum atomic E-state index is -0.0348. The fraction of sp³-hybridized carbons (Fsp3) is 0.300. The van der Waals surface area contributed by atoms with Crippen molar-refractivity contribution < 1.29 is 9.84 Å². The Labute approximate surface area is 77.7 Å². The molecule has 0 saturated carbocycles. The minimum absolute atomic E-state index is 0.0348. The average Bonchev–Trinajstić information content (AvgIpc) is 2.19. The molecule has 0 aromatic carbocycles. The van der Waals surface area contributed by atoms with Crippen molar-refractivity contribution in [3.05, 3.63) is 36.7 Å². The van der Waals surface area contributed by atoms with Gasteiger partial charge in [0.2, 0.25) is 0 Å². The third-order valence-corrected chi connectivity index (χ3v) is 1.55. The fourth-order valence-electron chi connectivity index (χ4n) is 0.850. The molecule has 0 aliphatic heterocycles. The summed E-state index contributed by atoms with van der Waals surface area (Å²) in [6.07, 6.45) is 4.23. The number of ether oxygens (including phenoxy) is 1. The van der Waals surface area contributed by atoms with E-state index in [1.165, 1.54) is 0 Å². The van der Waals surface area contributed by atoms with Gasteiger partial charge in [0.1, 0.15) is 5.75 Å². The fourth-order valence-corrected chi connectivity index (χ4v) is 0.850. The molecule has 0 aliphatic rings. The van der Waals surface area contributed by atoms with Crippen molar-refractivity contribution in [3.63, 3.8) is 0 Å². The van der Waals surface area contributed by atoms with Gasteiger partial charge in [-0.05, 0) is 18.6 Å². The Morgan fingerprint density at radius 1 is 1.54 bits per heavy atom. The van der Waals surface area contributed by atoms with Crippen LogP contribution < -0.4 is 4.74 Å². The lowest BCUT2D eigenvalue weighted by molar-refractivity contribution is 0.275. The molecule has 70 valence electrons. The van der Waals surface area contributed by atoms with Crippen LogP contribution in [0.5, 0.6) is 5.75 Å². The van der Waals surface area contributed by atoms with E-state index in [9.17, 15) is 0 Å². The maximum Gasteiger partial charge on any atom is 0.137 e. The highest BCUT2D eigenvalue weighted by molar-refractivity contribution is 5.19. The van der Waals surface area contributed by atoms with Crippen molar-refractivity contribution in [2.75, 3.05) is 6.61 Å². The normalized spacial score (nSPS) is 9.62. The summed E-state index contributed by atoms with van der Waals surface area (Å²) >= 11 is 0. The second-order valence-corrected chi connectivity index (χ2v) is 2.57. The Hall–Kier alpha value is -1.35. The zero-order valence-electron chi connectivity index (χ0n) is 7.44. The van der Waals surface area contributed by atoms with E-state index in [0.717, 1.165) is 12.2 Å². The molecule has 1 aromatic heterocycles. The lowest BCUT2D eigenvalue weighted by atomic mass is 10.3. The highest BCUT2D eigenvalue weighted by atomic mass is 16.5. The zero-order chi connectivity index (χ0) is 9.52. The first-order chi connectivity index (χ1) is 6.36. The summed E-state index contributed by atoms with van der Waals surface area (Å²) in [5.74, 6) is 0.721. The Morgan fingerprint density at radius 3 is 2.92 bits per heavy atom.